The number of carbonyl (C=O) groups excluding carboxylic acids is 1. The van der Waals surface area contributed by atoms with Crippen LogP contribution in [0.5, 0.6) is 0 Å². The van der Waals surface area contributed by atoms with Gasteiger partial charge in [0, 0.05) is 29.6 Å². The first-order valence-corrected chi connectivity index (χ1v) is 6.64. The number of allylic oxidation sites excluding steroid dienone is 2. The van der Waals surface area contributed by atoms with Crippen LogP contribution in [-0.4, -0.2) is 24.3 Å². The molecule has 1 rings (SSSR count). The minimum Gasteiger partial charge on any atom is -0.388 e. The SMILES string of the molecule is CSCCN/C(C)=C\C(=O)c1ccccc1. The highest BCUT2D eigenvalue weighted by Gasteiger charge is 2.01. The summed E-state index contributed by atoms with van der Waals surface area (Å²) in [6.07, 6.45) is 3.71. The number of ketones is 1. The summed E-state index contributed by atoms with van der Waals surface area (Å²) < 4.78 is 0. The van der Waals surface area contributed by atoms with Crippen molar-refractivity contribution in [3.63, 3.8) is 0 Å². The summed E-state index contributed by atoms with van der Waals surface area (Å²) in [6, 6.07) is 9.31. The summed E-state index contributed by atoms with van der Waals surface area (Å²) in [7, 11) is 0. The van der Waals surface area contributed by atoms with Gasteiger partial charge in [-0.2, -0.15) is 11.8 Å². The molecule has 86 valence electrons. The highest BCUT2D eigenvalue weighted by atomic mass is 32.2. The van der Waals surface area contributed by atoms with Crippen molar-refractivity contribution >= 4 is 17.5 Å². The summed E-state index contributed by atoms with van der Waals surface area (Å²) in [6.45, 7) is 2.81. The lowest BCUT2D eigenvalue weighted by molar-refractivity contribution is 0.104. The highest BCUT2D eigenvalue weighted by molar-refractivity contribution is 7.98. The average Bonchev–Trinajstić information content (AvgIpc) is 2.30. The fourth-order valence-corrected chi connectivity index (χ4v) is 1.59. The topological polar surface area (TPSA) is 29.1 Å². The second-order valence-electron chi connectivity index (χ2n) is 3.48. The van der Waals surface area contributed by atoms with Crippen molar-refractivity contribution in [2.75, 3.05) is 18.6 Å². The lowest BCUT2D eigenvalue weighted by Crippen LogP contribution is -2.15. The molecule has 1 aromatic carbocycles. The number of rotatable bonds is 6. The molecule has 16 heavy (non-hydrogen) atoms. The number of hydrogen-bond acceptors (Lipinski definition) is 3. The molecule has 0 aliphatic heterocycles. The third-order valence-electron chi connectivity index (χ3n) is 2.12. The van der Waals surface area contributed by atoms with E-state index in [1.807, 2.05) is 37.3 Å². The van der Waals surface area contributed by atoms with E-state index in [9.17, 15) is 4.79 Å². The summed E-state index contributed by atoms with van der Waals surface area (Å²) in [5, 5.41) is 3.20. The smallest absolute Gasteiger partial charge is 0.187 e. The Bertz CT molecular complexity index is 359. The predicted octanol–water partition coefficient (Wildman–Crippen LogP) is 2.73. The highest BCUT2D eigenvalue weighted by Crippen LogP contribution is 2.02. The van der Waals surface area contributed by atoms with Gasteiger partial charge in [0.15, 0.2) is 5.78 Å². The number of hydrogen-bond donors (Lipinski definition) is 1. The van der Waals surface area contributed by atoms with Gasteiger partial charge < -0.3 is 5.32 Å². The Morgan fingerprint density at radius 3 is 2.69 bits per heavy atom. The molecule has 1 N–H and O–H groups in total. The van der Waals surface area contributed by atoms with E-state index in [1.165, 1.54) is 0 Å². The molecular weight excluding hydrogens is 218 g/mol. The first-order chi connectivity index (χ1) is 7.74. The third-order valence-corrected chi connectivity index (χ3v) is 2.73. The van der Waals surface area contributed by atoms with Gasteiger partial charge in [0.1, 0.15) is 0 Å². The zero-order valence-electron chi connectivity index (χ0n) is 9.69. The normalized spacial score (nSPS) is 11.2. The number of benzene rings is 1. The van der Waals surface area contributed by atoms with Gasteiger partial charge in [-0.1, -0.05) is 30.3 Å². The summed E-state index contributed by atoms with van der Waals surface area (Å²) >= 11 is 1.78. The van der Waals surface area contributed by atoms with Gasteiger partial charge in [-0.25, -0.2) is 0 Å². The number of nitrogens with one attached hydrogen (secondary N) is 1. The lowest BCUT2D eigenvalue weighted by atomic mass is 10.1. The van der Waals surface area contributed by atoms with Crippen LogP contribution in [0.3, 0.4) is 0 Å². The van der Waals surface area contributed by atoms with Gasteiger partial charge in [-0.05, 0) is 13.2 Å². The van der Waals surface area contributed by atoms with Crippen molar-refractivity contribution in [3.05, 3.63) is 47.7 Å². The van der Waals surface area contributed by atoms with Crippen molar-refractivity contribution < 1.29 is 4.79 Å². The molecule has 0 aromatic heterocycles. The maximum atomic E-state index is 11.8. The first kappa shape index (κ1) is 12.8. The maximum absolute atomic E-state index is 11.8. The Morgan fingerprint density at radius 1 is 1.38 bits per heavy atom. The molecule has 0 amide bonds. The van der Waals surface area contributed by atoms with Gasteiger partial charge in [-0.3, -0.25) is 4.79 Å². The summed E-state index contributed by atoms with van der Waals surface area (Å²) in [4.78, 5) is 11.8. The standard InChI is InChI=1S/C13H17NOS/c1-11(14-8-9-16-2)10-13(15)12-6-4-3-5-7-12/h3-7,10,14H,8-9H2,1-2H3/b11-10-. The molecule has 0 radical (unpaired) electrons. The van der Waals surface area contributed by atoms with E-state index in [4.69, 9.17) is 0 Å². The maximum Gasteiger partial charge on any atom is 0.187 e. The molecule has 0 bridgehead atoms. The summed E-state index contributed by atoms with van der Waals surface area (Å²) in [5.74, 6) is 1.10. The number of thioether (sulfide) groups is 1. The Hall–Kier alpha value is -1.22. The van der Waals surface area contributed by atoms with Crippen molar-refractivity contribution in [1.29, 1.82) is 0 Å². The fourth-order valence-electron chi connectivity index (χ4n) is 1.28. The average molecular weight is 235 g/mol. The summed E-state index contributed by atoms with van der Waals surface area (Å²) in [5.41, 5.74) is 1.65. The van der Waals surface area contributed by atoms with E-state index in [0.717, 1.165) is 23.6 Å². The van der Waals surface area contributed by atoms with Crippen molar-refractivity contribution in [2.45, 2.75) is 6.92 Å². The quantitative estimate of drug-likeness (QED) is 0.467. The van der Waals surface area contributed by atoms with Crippen LogP contribution in [-0.2, 0) is 0 Å². The fraction of sp³-hybridized carbons (Fsp3) is 0.308. The van der Waals surface area contributed by atoms with Gasteiger partial charge >= 0.3 is 0 Å². The molecule has 1 aromatic rings. The molecule has 0 saturated heterocycles. The zero-order chi connectivity index (χ0) is 11.8. The van der Waals surface area contributed by atoms with E-state index >= 15 is 0 Å². The molecule has 0 aliphatic carbocycles. The molecule has 0 saturated carbocycles. The third kappa shape index (κ3) is 4.53. The van der Waals surface area contributed by atoms with Crippen molar-refractivity contribution in [2.24, 2.45) is 0 Å². The molecule has 3 heteroatoms. The zero-order valence-corrected chi connectivity index (χ0v) is 10.5. The van der Waals surface area contributed by atoms with Crippen LogP contribution in [0.1, 0.15) is 17.3 Å². The van der Waals surface area contributed by atoms with Gasteiger partial charge in [-0.15, -0.1) is 0 Å². The number of carbonyl (C=O) groups is 1. The van der Waals surface area contributed by atoms with Crippen LogP contribution in [0.4, 0.5) is 0 Å². The molecule has 0 fully saturated rings. The van der Waals surface area contributed by atoms with Crippen LogP contribution >= 0.6 is 11.8 Å². The molecule has 0 unspecified atom stereocenters. The van der Waals surface area contributed by atoms with Gasteiger partial charge in [0.25, 0.3) is 0 Å². The Labute approximate surface area is 101 Å². The Kier molecular flexibility index (Phi) is 5.72. The second kappa shape index (κ2) is 7.12. The molecule has 2 nitrogen and oxygen atoms in total. The van der Waals surface area contributed by atoms with Crippen LogP contribution in [0.15, 0.2) is 42.1 Å². The minimum atomic E-state index is 0.0507. The molecule has 0 aliphatic rings. The van der Waals surface area contributed by atoms with Crippen LogP contribution in [0.2, 0.25) is 0 Å². The van der Waals surface area contributed by atoms with Crippen LogP contribution in [0.25, 0.3) is 0 Å². The monoisotopic (exact) mass is 235 g/mol. The van der Waals surface area contributed by atoms with Crippen LogP contribution < -0.4 is 5.32 Å². The molecule has 0 heterocycles. The van der Waals surface area contributed by atoms with E-state index in [1.54, 1.807) is 17.8 Å². The largest absolute Gasteiger partial charge is 0.388 e. The van der Waals surface area contributed by atoms with E-state index in [-0.39, 0.29) is 5.78 Å². The molecule has 0 atom stereocenters. The Morgan fingerprint density at radius 2 is 2.06 bits per heavy atom. The van der Waals surface area contributed by atoms with Gasteiger partial charge in [0.05, 0.1) is 0 Å². The van der Waals surface area contributed by atoms with Gasteiger partial charge in [0.2, 0.25) is 0 Å². The predicted molar refractivity (Wildman–Crippen MR) is 70.9 cm³/mol. The Balaban J connectivity index is 2.52. The van der Waals surface area contributed by atoms with Crippen molar-refractivity contribution in [3.8, 4) is 0 Å². The first-order valence-electron chi connectivity index (χ1n) is 5.24. The van der Waals surface area contributed by atoms with E-state index in [2.05, 4.69) is 11.6 Å². The molecule has 0 spiro atoms. The molecular formula is C13H17NOS. The van der Waals surface area contributed by atoms with Crippen molar-refractivity contribution in [1.82, 2.24) is 5.32 Å². The van der Waals surface area contributed by atoms with Crippen LogP contribution in [0, 0.1) is 0 Å². The lowest BCUT2D eigenvalue weighted by Gasteiger charge is -2.04. The van der Waals surface area contributed by atoms with E-state index in [0.29, 0.717) is 0 Å². The second-order valence-corrected chi connectivity index (χ2v) is 4.46. The van der Waals surface area contributed by atoms with E-state index < -0.39 is 0 Å². The minimum absolute atomic E-state index is 0.0507.